The lowest BCUT2D eigenvalue weighted by Crippen LogP contribution is -2.12. The van der Waals surface area contributed by atoms with Crippen LogP contribution >= 0.6 is 11.3 Å². The summed E-state index contributed by atoms with van der Waals surface area (Å²) < 4.78 is 5.09. The third-order valence-electron chi connectivity index (χ3n) is 1.67. The Balaban J connectivity index is 2.96. The first-order valence-electron chi connectivity index (χ1n) is 4.17. The van der Waals surface area contributed by atoms with E-state index in [4.69, 9.17) is 4.74 Å². The van der Waals surface area contributed by atoms with Crippen molar-refractivity contribution in [2.45, 2.75) is 33.1 Å². The Kier molecular flexibility index (Phi) is 2.76. The highest BCUT2D eigenvalue weighted by molar-refractivity contribution is 7.12. The van der Waals surface area contributed by atoms with E-state index in [-0.39, 0.29) is 11.4 Å². The highest BCUT2D eigenvalue weighted by atomic mass is 32.1. The lowest BCUT2D eigenvalue weighted by Gasteiger charge is -2.18. The fraction of sp³-hybridized carbons (Fsp3) is 0.500. The summed E-state index contributed by atoms with van der Waals surface area (Å²) in [5.74, 6) is -0.257. The number of hydrogen-bond acceptors (Lipinski definition) is 3. The molecule has 3 heteroatoms. The third kappa shape index (κ3) is 2.56. The van der Waals surface area contributed by atoms with Gasteiger partial charge in [-0.2, -0.15) is 0 Å². The van der Waals surface area contributed by atoms with Crippen LogP contribution in [0.25, 0.3) is 0 Å². The summed E-state index contributed by atoms with van der Waals surface area (Å²) in [6, 6.07) is 2.00. The van der Waals surface area contributed by atoms with Crippen molar-refractivity contribution < 1.29 is 9.53 Å². The Morgan fingerprint density at radius 3 is 2.54 bits per heavy atom. The van der Waals surface area contributed by atoms with E-state index < -0.39 is 0 Å². The van der Waals surface area contributed by atoms with Gasteiger partial charge < -0.3 is 4.74 Å². The zero-order valence-electron chi connectivity index (χ0n) is 8.38. The molecule has 0 saturated heterocycles. The summed E-state index contributed by atoms with van der Waals surface area (Å²) in [6.07, 6.45) is 0. The molecule has 0 unspecified atom stereocenters. The third-order valence-corrected chi connectivity index (χ3v) is 2.46. The number of hydrogen-bond donors (Lipinski definition) is 0. The van der Waals surface area contributed by atoms with E-state index >= 15 is 0 Å². The largest absolute Gasteiger partial charge is 0.415 e. The molecule has 0 radical (unpaired) electrons. The van der Waals surface area contributed by atoms with Gasteiger partial charge in [-0.1, -0.05) is 20.8 Å². The topological polar surface area (TPSA) is 26.3 Å². The monoisotopic (exact) mass is 198 g/mol. The molecule has 0 aliphatic rings. The molecule has 0 bridgehead atoms. The van der Waals surface area contributed by atoms with Crippen molar-refractivity contribution in [1.29, 1.82) is 0 Å². The minimum Gasteiger partial charge on any atom is -0.415 e. The van der Waals surface area contributed by atoms with Gasteiger partial charge in [-0.15, -0.1) is 11.3 Å². The van der Waals surface area contributed by atoms with Gasteiger partial charge in [0, 0.05) is 12.5 Å². The normalized spacial score (nSPS) is 11.4. The average Bonchev–Trinajstić information content (AvgIpc) is 2.31. The second kappa shape index (κ2) is 3.50. The molecule has 2 nitrogen and oxygen atoms in total. The Hall–Kier alpha value is -0.830. The quantitative estimate of drug-likeness (QED) is 0.648. The average molecular weight is 198 g/mol. The first kappa shape index (κ1) is 10.3. The molecule has 1 aromatic heterocycles. The van der Waals surface area contributed by atoms with Crippen molar-refractivity contribution in [3.05, 3.63) is 17.0 Å². The molecule has 13 heavy (non-hydrogen) atoms. The molecule has 0 fully saturated rings. The van der Waals surface area contributed by atoms with E-state index in [2.05, 4.69) is 20.8 Å². The number of esters is 1. The van der Waals surface area contributed by atoms with Crippen LogP contribution in [0.3, 0.4) is 0 Å². The molecule has 0 saturated carbocycles. The zero-order chi connectivity index (χ0) is 10.1. The van der Waals surface area contributed by atoms with Crippen LogP contribution in [0.5, 0.6) is 5.06 Å². The predicted molar refractivity (Wildman–Crippen MR) is 54.3 cm³/mol. The van der Waals surface area contributed by atoms with Crippen LogP contribution in [0, 0.1) is 0 Å². The Morgan fingerprint density at radius 2 is 2.08 bits per heavy atom. The van der Waals surface area contributed by atoms with Crippen molar-refractivity contribution in [2.75, 3.05) is 0 Å². The summed E-state index contributed by atoms with van der Waals surface area (Å²) in [5, 5.41) is 2.67. The maximum absolute atomic E-state index is 10.8. The van der Waals surface area contributed by atoms with Gasteiger partial charge in [0.15, 0.2) is 5.06 Å². The van der Waals surface area contributed by atoms with Crippen molar-refractivity contribution >= 4 is 17.3 Å². The van der Waals surface area contributed by atoms with Gasteiger partial charge in [0.05, 0.1) is 0 Å². The van der Waals surface area contributed by atoms with E-state index in [0.29, 0.717) is 0 Å². The molecule has 72 valence electrons. The van der Waals surface area contributed by atoms with Crippen molar-refractivity contribution in [3.63, 3.8) is 0 Å². The Labute approximate surface area is 82.5 Å². The molecule has 0 aliphatic heterocycles. The van der Waals surface area contributed by atoms with Gasteiger partial charge in [0.1, 0.15) is 0 Å². The summed E-state index contributed by atoms with van der Waals surface area (Å²) in [7, 11) is 0. The van der Waals surface area contributed by atoms with E-state index in [9.17, 15) is 4.79 Å². The molecule has 1 heterocycles. The van der Waals surface area contributed by atoms with Crippen LogP contribution < -0.4 is 4.74 Å². The molecule has 0 spiro atoms. The van der Waals surface area contributed by atoms with Gasteiger partial charge in [-0.25, -0.2) is 0 Å². The van der Waals surface area contributed by atoms with Crippen LogP contribution in [0.1, 0.15) is 33.3 Å². The van der Waals surface area contributed by atoms with Crippen LogP contribution in [0.15, 0.2) is 11.4 Å². The summed E-state index contributed by atoms with van der Waals surface area (Å²) in [5.41, 5.74) is 1.12. The summed E-state index contributed by atoms with van der Waals surface area (Å²) in [6.45, 7) is 7.72. The SMILES string of the molecule is CC(=O)Oc1sccc1C(C)(C)C. The number of carbonyl (C=O) groups excluding carboxylic acids is 1. The molecular formula is C10H14O2S. The standard InChI is InChI=1S/C10H14O2S/c1-7(11)12-9-8(5-6-13-9)10(2,3)4/h5-6H,1-4H3. The Bertz CT molecular complexity index is 307. The highest BCUT2D eigenvalue weighted by Gasteiger charge is 2.20. The second-order valence-electron chi connectivity index (χ2n) is 3.97. The lowest BCUT2D eigenvalue weighted by atomic mass is 9.89. The highest BCUT2D eigenvalue weighted by Crippen LogP contribution is 2.35. The number of rotatable bonds is 1. The second-order valence-corrected chi connectivity index (χ2v) is 4.84. The van der Waals surface area contributed by atoms with E-state index in [0.717, 1.165) is 10.6 Å². The van der Waals surface area contributed by atoms with Crippen molar-refractivity contribution in [1.82, 2.24) is 0 Å². The van der Waals surface area contributed by atoms with Crippen LogP contribution in [-0.4, -0.2) is 5.97 Å². The van der Waals surface area contributed by atoms with Gasteiger partial charge in [-0.3, -0.25) is 4.79 Å². The fourth-order valence-corrected chi connectivity index (χ4v) is 2.06. The van der Waals surface area contributed by atoms with Gasteiger partial charge in [0.2, 0.25) is 0 Å². The lowest BCUT2D eigenvalue weighted by molar-refractivity contribution is -0.131. The first-order valence-corrected chi connectivity index (χ1v) is 5.05. The molecule has 1 rings (SSSR count). The van der Waals surface area contributed by atoms with E-state index in [1.54, 1.807) is 0 Å². The molecule has 0 N–H and O–H groups in total. The zero-order valence-corrected chi connectivity index (χ0v) is 9.20. The number of thiophene rings is 1. The van der Waals surface area contributed by atoms with Gasteiger partial charge in [-0.05, 0) is 16.9 Å². The molecule has 0 aromatic carbocycles. The fourth-order valence-electron chi connectivity index (χ4n) is 1.06. The van der Waals surface area contributed by atoms with Gasteiger partial charge in [0.25, 0.3) is 0 Å². The summed E-state index contributed by atoms with van der Waals surface area (Å²) >= 11 is 1.46. The molecule has 0 aliphatic carbocycles. The minimum absolute atomic E-state index is 0.0325. The summed E-state index contributed by atoms with van der Waals surface area (Å²) in [4.78, 5) is 10.8. The maximum atomic E-state index is 10.8. The van der Waals surface area contributed by atoms with Crippen molar-refractivity contribution in [2.24, 2.45) is 0 Å². The molecular weight excluding hydrogens is 184 g/mol. The Morgan fingerprint density at radius 1 is 1.46 bits per heavy atom. The molecule has 0 amide bonds. The maximum Gasteiger partial charge on any atom is 0.308 e. The van der Waals surface area contributed by atoms with Crippen LogP contribution in [-0.2, 0) is 10.2 Å². The van der Waals surface area contributed by atoms with Crippen LogP contribution in [0.4, 0.5) is 0 Å². The number of carbonyl (C=O) groups is 1. The van der Waals surface area contributed by atoms with Crippen LogP contribution in [0.2, 0.25) is 0 Å². The molecule has 1 aromatic rings. The minimum atomic E-state index is -0.257. The molecule has 0 atom stereocenters. The number of ether oxygens (including phenoxy) is 1. The van der Waals surface area contributed by atoms with E-state index in [1.807, 2.05) is 11.4 Å². The van der Waals surface area contributed by atoms with E-state index in [1.165, 1.54) is 18.3 Å². The van der Waals surface area contributed by atoms with Gasteiger partial charge >= 0.3 is 5.97 Å². The van der Waals surface area contributed by atoms with Crippen molar-refractivity contribution in [3.8, 4) is 5.06 Å². The smallest absolute Gasteiger partial charge is 0.308 e. The first-order chi connectivity index (χ1) is 5.91. The predicted octanol–water partition coefficient (Wildman–Crippen LogP) is 2.97.